The normalized spacial score (nSPS) is 48.7. The van der Waals surface area contributed by atoms with Gasteiger partial charge < -0.3 is 44.8 Å². The third-order valence-corrected chi connectivity index (χ3v) is 9.30. The summed E-state index contributed by atoms with van der Waals surface area (Å²) in [6.45, 7) is 7.89. The summed E-state index contributed by atoms with van der Waals surface area (Å²) in [7, 11) is 0. The molecule has 36 heavy (non-hydrogen) atoms. The van der Waals surface area contributed by atoms with E-state index in [2.05, 4.69) is 13.5 Å². The third kappa shape index (κ3) is 4.67. The summed E-state index contributed by atoms with van der Waals surface area (Å²) in [5.74, 6) is -0.473. The standard InChI is InChI=1S/C26H40O10/c1-13-4-7-18-25(2,15(13)6-5-14-16(28)11-34-23(14)33)9-8-19(29)26(18,3)12-35-24-22(32)21(31)20(30)17(10-27)36-24/h5,15-22,24,27-32H,1,4,6-12H2,2-3H3/b14-5+/t15-,16-,17-,18+,19-,20-,21+,22-,24-,25+,26?/m1/s1. The Balaban J connectivity index is 1.54. The predicted octanol–water partition coefficient (Wildman–Crippen LogP) is -0.213. The van der Waals surface area contributed by atoms with Crippen molar-refractivity contribution in [1.82, 2.24) is 0 Å². The Hall–Kier alpha value is -1.37. The molecule has 2 saturated heterocycles. The number of allylic oxidation sites excluding steroid dienone is 2. The number of carbonyl (C=O) groups excluding carboxylic acids is 1. The average Bonchev–Trinajstić information content (AvgIpc) is 3.16. The lowest BCUT2D eigenvalue weighted by Gasteiger charge is -2.60. The SMILES string of the molecule is C=C1CC[C@@H]2C(C)(CO[C@@H]3O[C@H](CO)[C@@H](O)[C@H](O)[C@H]3O)[C@H](O)CC[C@@]2(C)[C@@H]1C/C=C1/C(=O)OC[C@H]1O. The number of hydrogen-bond donors (Lipinski definition) is 6. The van der Waals surface area contributed by atoms with Crippen LogP contribution in [0.3, 0.4) is 0 Å². The van der Waals surface area contributed by atoms with Crippen LogP contribution in [0.2, 0.25) is 0 Å². The summed E-state index contributed by atoms with van der Waals surface area (Å²) in [6, 6.07) is 0. The quantitative estimate of drug-likeness (QED) is 0.159. The Morgan fingerprint density at radius 2 is 1.83 bits per heavy atom. The van der Waals surface area contributed by atoms with E-state index in [9.17, 15) is 35.4 Å². The Kier molecular flexibility index (Phi) is 8.00. The van der Waals surface area contributed by atoms with E-state index < -0.39 is 60.9 Å². The molecular weight excluding hydrogens is 472 g/mol. The molecule has 2 heterocycles. The fourth-order valence-electron chi connectivity index (χ4n) is 7.01. The van der Waals surface area contributed by atoms with Crippen molar-refractivity contribution in [3.8, 4) is 0 Å². The van der Waals surface area contributed by atoms with Crippen molar-refractivity contribution in [2.45, 2.75) is 88.9 Å². The smallest absolute Gasteiger partial charge is 0.336 e. The number of aliphatic hydroxyl groups is 6. The van der Waals surface area contributed by atoms with Gasteiger partial charge in [-0.15, -0.1) is 0 Å². The minimum atomic E-state index is -1.54. The van der Waals surface area contributed by atoms with Crippen LogP contribution in [0.25, 0.3) is 0 Å². The molecule has 2 aliphatic heterocycles. The van der Waals surface area contributed by atoms with Gasteiger partial charge in [-0.2, -0.15) is 0 Å². The van der Waals surface area contributed by atoms with Gasteiger partial charge in [0, 0.05) is 5.41 Å². The summed E-state index contributed by atoms with van der Waals surface area (Å²) in [5, 5.41) is 61.3. The minimum absolute atomic E-state index is 0.00740. The third-order valence-electron chi connectivity index (χ3n) is 9.30. The van der Waals surface area contributed by atoms with Gasteiger partial charge in [-0.05, 0) is 49.4 Å². The van der Waals surface area contributed by atoms with Crippen LogP contribution in [0.1, 0.15) is 46.0 Å². The Morgan fingerprint density at radius 3 is 2.47 bits per heavy atom. The van der Waals surface area contributed by atoms with Gasteiger partial charge in [-0.1, -0.05) is 32.1 Å². The van der Waals surface area contributed by atoms with Gasteiger partial charge in [0.1, 0.15) is 37.1 Å². The van der Waals surface area contributed by atoms with E-state index >= 15 is 0 Å². The number of rotatable bonds is 6. The van der Waals surface area contributed by atoms with Crippen LogP contribution in [0.4, 0.5) is 0 Å². The minimum Gasteiger partial charge on any atom is -0.459 e. The zero-order chi connectivity index (χ0) is 26.4. The maximum atomic E-state index is 12.0. The summed E-state index contributed by atoms with van der Waals surface area (Å²) in [6.07, 6.45) is -3.42. The number of esters is 1. The van der Waals surface area contributed by atoms with E-state index in [0.717, 1.165) is 24.8 Å². The predicted molar refractivity (Wildman–Crippen MR) is 126 cm³/mol. The highest BCUT2D eigenvalue weighted by atomic mass is 16.7. The molecule has 4 rings (SSSR count). The number of aliphatic hydroxyl groups excluding tert-OH is 6. The fourth-order valence-corrected chi connectivity index (χ4v) is 7.01. The van der Waals surface area contributed by atoms with Crippen LogP contribution in [0, 0.1) is 22.7 Å². The maximum absolute atomic E-state index is 12.0. The summed E-state index contributed by atoms with van der Waals surface area (Å²) in [4.78, 5) is 12.0. The van der Waals surface area contributed by atoms with E-state index in [1.165, 1.54) is 0 Å². The van der Waals surface area contributed by atoms with Crippen molar-refractivity contribution in [3.63, 3.8) is 0 Å². The molecule has 0 spiro atoms. The molecule has 10 nitrogen and oxygen atoms in total. The van der Waals surface area contributed by atoms with Gasteiger partial charge in [0.25, 0.3) is 0 Å². The Bertz CT molecular complexity index is 873. The molecule has 0 bridgehead atoms. The largest absolute Gasteiger partial charge is 0.459 e. The zero-order valence-corrected chi connectivity index (χ0v) is 21.0. The number of cyclic esters (lactones) is 1. The van der Waals surface area contributed by atoms with Crippen molar-refractivity contribution in [2.75, 3.05) is 19.8 Å². The Morgan fingerprint density at radius 1 is 1.11 bits per heavy atom. The molecule has 4 aliphatic rings. The van der Waals surface area contributed by atoms with E-state index in [4.69, 9.17) is 14.2 Å². The molecule has 2 aliphatic carbocycles. The molecule has 2 saturated carbocycles. The molecule has 6 N–H and O–H groups in total. The van der Waals surface area contributed by atoms with Gasteiger partial charge in [-0.25, -0.2) is 4.79 Å². The van der Waals surface area contributed by atoms with Crippen LogP contribution < -0.4 is 0 Å². The topological polar surface area (TPSA) is 166 Å². The molecule has 11 atom stereocenters. The van der Waals surface area contributed by atoms with Crippen molar-refractivity contribution >= 4 is 5.97 Å². The lowest BCUT2D eigenvalue weighted by atomic mass is 9.46. The number of fused-ring (bicyclic) bond motifs is 1. The number of ether oxygens (including phenoxy) is 3. The van der Waals surface area contributed by atoms with E-state index in [1.807, 2.05) is 6.92 Å². The van der Waals surface area contributed by atoms with Crippen LogP contribution >= 0.6 is 0 Å². The lowest BCUT2D eigenvalue weighted by Crippen LogP contribution is -2.61. The second-order valence-electron chi connectivity index (χ2n) is 11.4. The van der Waals surface area contributed by atoms with Crippen LogP contribution in [0.5, 0.6) is 0 Å². The maximum Gasteiger partial charge on any atom is 0.336 e. The average molecular weight is 513 g/mol. The molecule has 0 radical (unpaired) electrons. The van der Waals surface area contributed by atoms with Gasteiger partial charge in [0.2, 0.25) is 0 Å². The molecule has 4 fully saturated rings. The summed E-state index contributed by atoms with van der Waals surface area (Å²) in [5.41, 5.74) is 0.356. The van der Waals surface area contributed by atoms with Gasteiger partial charge in [0.15, 0.2) is 6.29 Å². The highest BCUT2D eigenvalue weighted by molar-refractivity contribution is 5.91. The summed E-state index contributed by atoms with van der Waals surface area (Å²) < 4.78 is 16.4. The summed E-state index contributed by atoms with van der Waals surface area (Å²) >= 11 is 0. The van der Waals surface area contributed by atoms with E-state index in [-0.39, 0.29) is 36.0 Å². The first-order valence-corrected chi connectivity index (χ1v) is 12.8. The first-order chi connectivity index (χ1) is 16.9. The number of carbonyl (C=O) groups is 1. The van der Waals surface area contributed by atoms with Crippen molar-refractivity contribution in [3.05, 3.63) is 23.8 Å². The van der Waals surface area contributed by atoms with Gasteiger partial charge in [-0.3, -0.25) is 0 Å². The first kappa shape index (κ1) is 27.7. The second kappa shape index (κ2) is 10.4. The van der Waals surface area contributed by atoms with Crippen molar-refractivity contribution in [1.29, 1.82) is 0 Å². The molecule has 0 aromatic heterocycles. The first-order valence-electron chi connectivity index (χ1n) is 12.8. The molecular formula is C26H40O10. The fraction of sp³-hybridized carbons (Fsp3) is 0.808. The molecule has 204 valence electrons. The molecule has 0 aromatic carbocycles. The van der Waals surface area contributed by atoms with Crippen LogP contribution in [-0.4, -0.2) is 99.3 Å². The second-order valence-corrected chi connectivity index (χ2v) is 11.4. The highest BCUT2D eigenvalue weighted by Crippen LogP contribution is 2.62. The Labute approximate surface area is 211 Å². The van der Waals surface area contributed by atoms with Crippen molar-refractivity contribution in [2.24, 2.45) is 22.7 Å². The van der Waals surface area contributed by atoms with E-state index in [1.54, 1.807) is 6.08 Å². The van der Waals surface area contributed by atoms with Crippen molar-refractivity contribution < 1.29 is 49.6 Å². The van der Waals surface area contributed by atoms with Gasteiger partial charge >= 0.3 is 5.97 Å². The highest BCUT2D eigenvalue weighted by Gasteiger charge is 2.58. The molecule has 10 heteroatoms. The monoisotopic (exact) mass is 512 g/mol. The van der Waals surface area contributed by atoms with E-state index in [0.29, 0.717) is 12.8 Å². The zero-order valence-electron chi connectivity index (χ0n) is 21.0. The van der Waals surface area contributed by atoms with Crippen LogP contribution in [0.15, 0.2) is 23.8 Å². The van der Waals surface area contributed by atoms with Gasteiger partial charge in [0.05, 0.1) is 24.9 Å². The molecule has 0 amide bonds. The number of hydrogen-bond acceptors (Lipinski definition) is 10. The van der Waals surface area contributed by atoms with Crippen LogP contribution in [-0.2, 0) is 19.0 Å². The lowest BCUT2D eigenvalue weighted by molar-refractivity contribution is -0.313. The molecule has 0 aromatic rings. The molecule has 1 unspecified atom stereocenters.